The molecule has 14 heteroatoms. The number of nitrogens with one attached hydrogen (secondary N) is 1. The molecule has 1 aromatic heterocycles. The summed E-state index contributed by atoms with van der Waals surface area (Å²) in [6.07, 6.45) is -0.771. The first kappa shape index (κ1) is 31.3. The highest BCUT2D eigenvalue weighted by Gasteiger charge is 2.55. The van der Waals surface area contributed by atoms with Crippen LogP contribution in [0.4, 0.5) is 5.13 Å². The van der Waals surface area contributed by atoms with Crippen LogP contribution >= 0.6 is 23.1 Å². The lowest BCUT2D eigenvalue weighted by molar-refractivity contribution is -0.154. The number of nitrogens with zero attached hydrogens (tertiary/aromatic N) is 4. The fraction of sp³-hybridized carbons (Fsp3) is 0.152. The molecule has 4 aromatic rings. The van der Waals surface area contributed by atoms with Gasteiger partial charge in [0.2, 0.25) is 0 Å². The van der Waals surface area contributed by atoms with E-state index in [0.29, 0.717) is 16.9 Å². The number of nitriles is 1. The number of nitrogen functional groups attached to an aromatic ring is 1. The normalized spacial score (nSPS) is 17.4. The van der Waals surface area contributed by atoms with Gasteiger partial charge in [-0.25, -0.2) is 9.78 Å². The number of benzene rings is 3. The Morgan fingerprint density at radius 2 is 1.74 bits per heavy atom. The number of rotatable bonds is 10. The minimum Gasteiger partial charge on any atom is -0.489 e. The van der Waals surface area contributed by atoms with Crippen LogP contribution in [0.1, 0.15) is 28.5 Å². The van der Waals surface area contributed by atoms with E-state index < -0.39 is 41.0 Å². The third-order valence-corrected chi connectivity index (χ3v) is 9.45. The maximum atomic E-state index is 14.1. The minimum atomic E-state index is -1.02. The second-order valence-corrected chi connectivity index (χ2v) is 12.4. The first-order chi connectivity index (χ1) is 22.9. The van der Waals surface area contributed by atoms with Crippen LogP contribution in [0.15, 0.2) is 107 Å². The number of hydrogen-bond acceptors (Lipinski definition) is 12. The Morgan fingerprint density at radius 3 is 2.32 bits per heavy atom. The lowest BCUT2D eigenvalue weighted by atomic mass is 10.0. The molecule has 236 valence electrons. The number of hydrogen-bond donors (Lipinski definition) is 3. The van der Waals surface area contributed by atoms with Crippen molar-refractivity contribution in [1.29, 1.82) is 5.26 Å². The summed E-state index contributed by atoms with van der Waals surface area (Å²) in [6.45, 7) is -0.0369. The van der Waals surface area contributed by atoms with Crippen LogP contribution < -0.4 is 15.8 Å². The maximum Gasteiger partial charge on any atom is 0.356 e. The van der Waals surface area contributed by atoms with Crippen LogP contribution in [0.5, 0.6) is 5.75 Å². The predicted molar refractivity (Wildman–Crippen MR) is 174 cm³/mol. The van der Waals surface area contributed by atoms with E-state index in [1.54, 1.807) is 24.3 Å². The fourth-order valence-corrected chi connectivity index (χ4v) is 7.02. The molecule has 1 unspecified atom stereocenters. The number of aromatic nitrogens is 1. The zero-order valence-corrected chi connectivity index (χ0v) is 26.1. The molecule has 12 nitrogen and oxygen atoms in total. The largest absolute Gasteiger partial charge is 0.489 e. The van der Waals surface area contributed by atoms with E-state index >= 15 is 0 Å². The summed E-state index contributed by atoms with van der Waals surface area (Å²) in [5.41, 5.74) is 7.81. The molecule has 1 fully saturated rings. The number of amides is 2. The van der Waals surface area contributed by atoms with Crippen LogP contribution in [0, 0.1) is 11.3 Å². The smallest absolute Gasteiger partial charge is 0.356 e. The number of nitrogens with two attached hydrogens (primary N) is 1. The zero-order chi connectivity index (χ0) is 32.9. The first-order valence-electron chi connectivity index (χ1n) is 14.2. The van der Waals surface area contributed by atoms with Gasteiger partial charge in [0.05, 0.1) is 11.6 Å². The Balaban J connectivity index is 1.29. The van der Waals surface area contributed by atoms with Crippen molar-refractivity contribution in [3.05, 3.63) is 124 Å². The number of esters is 1. The topological polar surface area (TPSA) is 180 Å². The lowest BCUT2D eigenvalue weighted by Crippen LogP contribution is -2.71. The second kappa shape index (κ2) is 13.8. The van der Waals surface area contributed by atoms with Crippen molar-refractivity contribution in [2.24, 2.45) is 5.16 Å². The molecule has 1 saturated heterocycles. The average Bonchev–Trinajstić information content (AvgIpc) is 3.54. The van der Waals surface area contributed by atoms with Gasteiger partial charge in [0.1, 0.15) is 35.2 Å². The molecule has 0 bridgehead atoms. The Labute approximate surface area is 277 Å². The summed E-state index contributed by atoms with van der Waals surface area (Å²) in [5, 5.41) is 25.3. The molecule has 2 atom stereocenters. The van der Waals surface area contributed by atoms with Crippen molar-refractivity contribution in [2.75, 3.05) is 18.1 Å². The van der Waals surface area contributed by atoms with E-state index in [4.69, 9.17) is 20.5 Å². The third kappa shape index (κ3) is 6.53. The molecule has 47 heavy (non-hydrogen) atoms. The standard InChI is InChI=1S/C33H26N6O6S2/c34-15-19-11-13-23(14-12-19)44-16-22-17-46-31-26(37-29(40)25(38-43)24-18-47-33(35)36-24)30(41)39(31)27(22)32(42)45-28(20-7-3-1-4-8-20)21-9-5-2-6-10-21/h1-14,18,26,28,31,43H,16-17H2,(H2,35,36)(H,37,40)/t26?,31-/m0/s1. The maximum absolute atomic E-state index is 14.1. The number of ether oxygens (including phenoxy) is 2. The quantitative estimate of drug-likeness (QED) is 0.0740. The fourth-order valence-electron chi connectivity index (χ4n) is 5.14. The Morgan fingerprint density at radius 1 is 1.09 bits per heavy atom. The molecule has 4 N–H and O–H groups in total. The number of carbonyl (C=O) groups is 3. The summed E-state index contributed by atoms with van der Waals surface area (Å²) in [5.74, 6) is -1.36. The summed E-state index contributed by atoms with van der Waals surface area (Å²) >= 11 is 2.40. The van der Waals surface area contributed by atoms with Gasteiger partial charge in [0.25, 0.3) is 11.8 Å². The predicted octanol–water partition coefficient (Wildman–Crippen LogP) is 3.84. The SMILES string of the molecule is N#Cc1ccc(OCC2=C(C(=O)OC(c3ccccc3)c3ccccc3)N3C(=O)C(NC(=O)C(=NO)c4csc(N)n4)[C@@H]3SC2)cc1. The number of anilines is 1. The van der Waals surface area contributed by atoms with E-state index in [1.165, 1.54) is 22.0 Å². The van der Waals surface area contributed by atoms with Crippen molar-refractivity contribution in [3.63, 3.8) is 0 Å². The van der Waals surface area contributed by atoms with E-state index in [2.05, 4.69) is 21.5 Å². The highest BCUT2D eigenvalue weighted by atomic mass is 32.2. The Kier molecular flexibility index (Phi) is 9.18. The van der Waals surface area contributed by atoms with Crippen LogP contribution in [-0.4, -0.2) is 62.4 Å². The van der Waals surface area contributed by atoms with Gasteiger partial charge in [-0.1, -0.05) is 65.8 Å². The number of thiazole rings is 1. The van der Waals surface area contributed by atoms with Gasteiger partial charge in [-0.2, -0.15) is 5.26 Å². The minimum absolute atomic E-state index is 0.0260. The molecule has 0 spiro atoms. The number of β-lactam (4-membered cyclic amide) rings is 1. The average molecular weight is 667 g/mol. The molecular weight excluding hydrogens is 641 g/mol. The summed E-state index contributed by atoms with van der Waals surface area (Å²) in [6, 6.07) is 26.1. The second-order valence-electron chi connectivity index (χ2n) is 10.4. The van der Waals surface area contributed by atoms with Gasteiger partial charge in [-0.3, -0.25) is 14.5 Å². The van der Waals surface area contributed by atoms with E-state index in [9.17, 15) is 19.6 Å². The number of thioether (sulfide) groups is 1. The summed E-state index contributed by atoms with van der Waals surface area (Å²) in [4.78, 5) is 46.1. The van der Waals surface area contributed by atoms with Gasteiger partial charge < -0.3 is 25.7 Å². The van der Waals surface area contributed by atoms with Gasteiger partial charge in [0.15, 0.2) is 16.9 Å². The molecule has 3 aromatic carbocycles. The highest BCUT2D eigenvalue weighted by molar-refractivity contribution is 8.00. The molecule has 0 saturated carbocycles. The monoisotopic (exact) mass is 666 g/mol. The van der Waals surface area contributed by atoms with Crippen LogP contribution in [-0.2, 0) is 19.1 Å². The summed E-state index contributed by atoms with van der Waals surface area (Å²) in [7, 11) is 0. The van der Waals surface area contributed by atoms with E-state index in [1.807, 2.05) is 60.7 Å². The van der Waals surface area contributed by atoms with E-state index in [-0.39, 0.29) is 28.9 Å². The highest BCUT2D eigenvalue weighted by Crippen LogP contribution is 2.42. The number of carbonyl (C=O) groups excluding carboxylic acids is 3. The van der Waals surface area contributed by atoms with Crippen LogP contribution in [0.3, 0.4) is 0 Å². The molecular formula is C33H26N6O6S2. The molecule has 2 aliphatic heterocycles. The van der Waals surface area contributed by atoms with E-state index in [0.717, 1.165) is 22.5 Å². The van der Waals surface area contributed by atoms with Crippen molar-refractivity contribution < 1.29 is 29.1 Å². The van der Waals surface area contributed by atoms with Gasteiger partial charge in [0, 0.05) is 16.7 Å². The molecule has 2 amide bonds. The zero-order valence-electron chi connectivity index (χ0n) is 24.5. The first-order valence-corrected chi connectivity index (χ1v) is 16.2. The molecule has 6 rings (SSSR count). The van der Waals surface area contributed by atoms with Gasteiger partial charge in [-0.05, 0) is 35.4 Å². The molecule has 3 heterocycles. The van der Waals surface area contributed by atoms with Crippen LogP contribution in [0.25, 0.3) is 0 Å². The Bertz CT molecular complexity index is 1870. The van der Waals surface area contributed by atoms with Crippen LogP contribution in [0.2, 0.25) is 0 Å². The third-order valence-electron chi connectivity index (χ3n) is 7.43. The molecule has 0 aliphatic carbocycles. The Hall–Kier alpha value is -5.65. The lowest BCUT2D eigenvalue weighted by Gasteiger charge is -2.49. The summed E-state index contributed by atoms with van der Waals surface area (Å²) < 4.78 is 12.1. The van der Waals surface area contributed by atoms with Crippen molar-refractivity contribution >= 4 is 51.7 Å². The van der Waals surface area contributed by atoms with Crippen molar-refractivity contribution in [1.82, 2.24) is 15.2 Å². The van der Waals surface area contributed by atoms with Crippen molar-refractivity contribution in [2.45, 2.75) is 17.5 Å². The molecule has 0 radical (unpaired) electrons. The molecule has 2 aliphatic rings. The van der Waals surface area contributed by atoms with Gasteiger partial charge in [-0.15, -0.1) is 23.1 Å². The van der Waals surface area contributed by atoms with Gasteiger partial charge >= 0.3 is 5.97 Å². The number of oxime groups is 1. The number of fused-ring (bicyclic) bond motifs is 1. The van der Waals surface area contributed by atoms with Crippen molar-refractivity contribution in [3.8, 4) is 11.8 Å².